The molecule has 2 atom stereocenters. The first kappa shape index (κ1) is 17.7. The minimum atomic E-state index is -4.49. The SMILES string of the molecule is O=C1NCCC1CC(=O)N1CCC(O)(c2cccc(C(F)(F)F)c2)C1. The summed E-state index contributed by atoms with van der Waals surface area (Å²) < 4.78 is 38.6. The molecule has 8 heteroatoms. The molecular formula is C17H19F3N2O3. The van der Waals surface area contributed by atoms with Crippen molar-refractivity contribution in [3.05, 3.63) is 35.4 Å². The zero-order valence-corrected chi connectivity index (χ0v) is 13.5. The Morgan fingerprint density at radius 1 is 1.40 bits per heavy atom. The molecule has 0 aromatic heterocycles. The number of hydrogen-bond acceptors (Lipinski definition) is 3. The van der Waals surface area contributed by atoms with Crippen molar-refractivity contribution in [1.82, 2.24) is 10.2 Å². The molecule has 2 N–H and O–H groups in total. The van der Waals surface area contributed by atoms with Crippen LogP contribution in [-0.4, -0.2) is 41.5 Å². The minimum absolute atomic E-state index is 0.0600. The smallest absolute Gasteiger partial charge is 0.383 e. The Labute approximate surface area is 142 Å². The summed E-state index contributed by atoms with van der Waals surface area (Å²) in [7, 11) is 0. The predicted molar refractivity (Wildman–Crippen MR) is 82.3 cm³/mol. The first-order valence-corrected chi connectivity index (χ1v) is 8.15. The number of benzene rings is 1. The molecule has 0 saturated carbocycles. The van der Waals surface area contributed by atoms with Gasteiger partial charge in [-0.05, 0) is 30.5 Å². The molecule has 0 radical (unpaired) electrons. The Morgan fingerprint density at radius 2 is 2.16 bits per heavy atom. The van der Waals surface area contributed by atoms with E-state index in [-0.39, 0.29) is 49.2 Å². The van der Waals surface area contributed by atoms with E-state index < -0.39 is 17.3 Å². The van der Waals surface area contributed by atoms with Gasteiger partial charge in [-0.1, -0.05) is 12.1 Å². The molecule has 0 aliphatic carbocycles. The first-order chi connectivity index (χ1) is 11.7. The van der Waals surface area contributed by atoms with E-state index in [0.717, 1.165) is 12.1 Å². The highest BCUT2D eigenvalue weighted by Crippen LogP contribution is 2.36. The van der Waals surface area contributed by atoms with Gasteiger partial charge >= 0.3 is 6.18 Å². The summed E-state index contributed by atoms with van der Waals surface area (Å²) in [6.45, 7) is 0.729. The second kappa shape index (κ2) is 6.33. The summed E-state index contributed by atoms with van der Waals surface area (Å²) in [6, 6.07) is 4.57. The molecule has 136 valence electrons. The van der Waals surface area contributed by atoms with Crippen LogP contribution in [0.2, 0.25) is 0 Å². The van der Waals surface area contributed by atoms with Crippen LogP contribution < -0.4 is 5.32 Å². The van der Waals surface area contributed by atoms with Gasteiger partial charge in [0.2, 0.25) is 11.8 Å². The van der Waals surface area contributed by atoms with E-state index in [1.165, 1.54) is 17.0 Å². The lowest BCUT2D eigenvalue weighted by Crippen LogP contribution is -2.36. The Hall–Kier alpha value is -2.09. The molecule has 0 spiro atoms. The fraction of sp³-hybridized carbons (Fsp3) is 0.529. The molecule has 2 unspecified atom stereocenters. The molecule has 1 aromatic rings. The monoisotopic (exact) mass is 356 g/mol. The molecular weight excluding hydrogens is 337 g/mol. The quantitative estimate of drug-likeness (QED) is 0.865. The normalized spacial score (nSPS) is 26.8. The Bertz CT molecular complexity index is 692. The summed E-state index contributed by atoms with van der Waals surface area (Å²) in [5, 5.41) is 13.4. The molecule has 2 fully saturated rings. The van der Waals surface area contributed by atoms with E-state index in [4.69, 9.17) is 0 Å². The van der Waals surface area contributed by atoms with Crippen molar-refractivity contribution in [3.63, 3.8) is 0 Å². The highest BCUT2D eigenvalue weighted by atomic mass is 19.4. The highest BCUT2D eigenvalue weighted by Gasteiger charge is 2.42. The second-order valence-corrected chi connectivity index (χ2v) is 6.66. The molecule has 25 heavy (non-hydrogen) atoms. The lowest BCUT2D eigenvalue weighted by molar-refractivity contribution is -0.138. The maximum atomic E-state index is 12.9. The van der Waals surface area contributed by atoms with E-state index in [2.05, 4.69) is 5.32 Å². The number of likely N-dealkylation sites (tertiary alicyclic amines) is 1. The van der Waals surface area contributed by atoms with Crippen LogP contribution >= 0.6 is 0 Å². The van der Waals surface area contributed by atoms with Crippen LogP contribution in [0.15, 0.2) is 24.3 Å². The van der Waals surface area contributed by atoms with Gasteiger partial charge in [0.1, 0.15) is 5.60 Å². The Morgan fingerprint density at radius 3 is 2.80 bits per heavy atom. The van der Waals surface area contributed by atoms with Gasteiger partial charge in [-0.3, -0.25) is 9.59 Å². The first-order valence-electron chi connectivity index (χ1n) is 8.15. The Balaban J connectivity index is 1.70. The molecule has 3 rings (SSSR count). The highest BCUT2D eigenvalue weighted by molar-refractivity contribution is 5.87. The number of β-amino-alcohol motifs (C(OH)–C–C–N with tert-alkyl or cyclic N) is 1. The van der Waals surface area contributed by atoms with Crippen molar-refractivity contribution in [2.45, 2.75) is 31.0 Å². The number of aliphatic hydroxyl groups is 1. The third-order valence-electron chi connectivity index (χ3n) is 4.91. The summed E-state index contributed by atoms with van der Waals surface area (Å²) >= 11 is 0. The molecule has 2 saturated heterocycles. The van der Waals surface area contributed by atoms with Gasteiger partial charge in [0.15, 0.2) is 0 Å². The van der Waals surface area contributed by atoms with Gasteiger partial charge < -0.3 is 15.3 Å². The summed E-state index contributed by atoms with van der Waals surface area (Å²) in [5.74, 6) is -0.777. The van der Waals surface area contributed by atoms with Crippen LogP contribution in [0.25, 0.3) is 0 Å². The topological polar surface area (TPSA) is 69.6 Å². The molecule has 5 nitrogen and oxygen atoms in total. The van der Waals surface area contributed by atoms with Crippen molar-refractivity contribution < 1.29 is 27.9 Å². The van der Waals surface area contributed by atoms with E-state index >= 15 is 0 Å². The van der Waals surface area contributed by atoms with Crippen LogP contribution in [0.3, 0.4) is 0 Å². The van der Waals surface area contributed by atoms with Crippen molar-refractivity contribution in [2.75, 3.05) is 19.6 Å². The molecule has 0 bridgehead atoms. The number of carbonyl (C=O) groups excluding carboxylic acids is 2. The predicted octanol–water partition coefficient (Wildman–Crippen LogP) is 1.65. The average molecular weight is 356 g/mol. The van der Waals surface area contributed by atoms with E-state index in [9.17, 15) is 27.9 Å². The van der Waals surface area contributed by atoms with E-state index in [0.29, 0.717) is 13.0 Å². The third-order valence-corrected chi connectivity index (χ3v) is 4.91. The fourth-order valence-corrected chi connectivity index (χ4v) is 3.41. The zero-order valence-electron chi connectivity index (χ0n) is 13.5. The number of nitrogens with zero attached hydrogens (tertiary/aromatic N) is 1. The summed E-state index contributed by atoms with van der Waals surface area (Å²) in [5.41, 5.74) is -2.18. The largest absolute Gasteiger partial charge is 0.416 e. The number of rotatable bonds is 3. The van der Waals surface area contributed by atoms with Crippen LogP contribution in [-0.2, 0) is 21.4 Å². The minimum Gasteiger partial charge on any atom is -0.383 e. The number of carbonyl (C=O) groups is 2. The maximum absolute atomic E-state index is 12.9. The van der Waals surface area contributed by atoms with Crippen LogP contribution in [0, 0.1) is 5.92 Å². The second-order valence-electron chi connectivity index (χ2n) is 6.66. The van der Waals surface area contributed by atoms with Gasteiger partial charge in [-0.25, -0.2) is 0 Å². The third kappa shape index (κ3) is 3.63. The number of amides is 2. The number of hydrogen-bond donors (Lipinski definition) is 2. The van der Waals surface area contributed by atoms with Crippen LogP contribution in [0.4, 0.5) is 13.2 Å². The molecule has 2 aliphatic rings. The summed E-state index contributed by atoms with van der Waals surface area (Å²) in [4.78, 5) is 25.3. The Kier molecular flexibility index (Phi) is 4.49. The van der Waals surface area contributed by atoms with Gasteiger partial charge in [-0.2, -0.15) is 13.2 Å². The van der Waals surface area contributed by atoms with Crippen molar-refractivity contribution >= 4 is 11.8 Å². The van der Waals surface area contributed by atoms with E-state index in [1.807, 2.05) is 0 Å². The van der Waals surface area contributed by atoms with Crippen molar-refractivity contribution in [1.29, 1.82) is 0 Å². The van der Waals surface area contributed by atoms with Crippen molar-refractivity contribution in [2.24, 2.45) is 5.92 Å². The molecule has 1 aromatic carbocycles. The van der Waals surface area contributed by atoms with Gasteiger partial charge in [0, 0.05) is 25.4 Å². The lowest BCUT2D eigenvalue weighted by Gasteiger charge is -2.25. The van der Waals surface area contributed by atoms with Gasteiger partial charge in [-0.15, -0.1) is 0 Å². The van der Waals surface area contributed by atoms with Crippen LogP contribution in [0.1, 0.15) is 30.4 Å². The van der Waals surface area contributed by atoms with E-state index in [1.54, 1.807) is 0 Å². The fourth-order valence-electron chi connectivity index (χ4n) is 3.41. The molecule has 2 aliphatic heterocycles. The lowest BCUT2D eigenvalue weighted by atomic mass is 9.91. The van der Waals surface area contributed by atoms with Gasteiger partial charge in [0.25, 0.3) is 0 Å². The standard InChI is InChI=1S/C17H19F3N2O3/c18-17(19,20)13-3-1-2-12(9-13)16(25)5-7-22(10-16)14(23)8-11-4-6-21-15(11)24/h1-3,9,11,25H,4-8,10H2,(H,21,24). The molecule has 2 heterocycles. The summed E-state index contributed by atoms with van der Waals surface area (Å²) in [6.07, 6.45) is -3.67. The number of nitrogens with one attached hydrogen (secondary N) is 1. The van der Waals surface area contributed by atoms with Gasteiger partial charge in [0.05, 0.1) is 12.1 Å². The van der Waals surface area contributed by atoms with Crippen LogP contribution in [0.5, 0.6) is 0 Å². The zero-order chi connectivity index (χ0) is 18.2. The maximum Gasteiger partial charge on any atom is 0.416 e. The molecule has 2 amide bonds. The number of alkyl halides is 3. The average Bonchev–Trinajstić information content (AvgIpc) is 3.14. The van der Waals surface area contributed by atoms with Crippen molar-refractivity contribution in [3.8, 4) is 0 Å². The number of halogens is 3.